The molecule has 0 spiro atoms. The maximum absolute atomic E-state index is 15.9. The number of aromatic nitrogens is 1. The first kappa shape index (κ1) is 29.1. The Morgan fingerprint density at radius 1 is 1.24 bits per heavy atom. The number of benzene rings is 1. The molecule has 0 saturated carbocycles. The first-order valence-electron chi connectivity index (χ1n) is 14.3. The molecule has 4 heterocycles. The number of fused-ring (bicyclic) bond motifs is 1. The molecule has 5 rings (SSSR count). The number of alkyl halides is 1. The van der Waals surface area contributed by atoms with Crippen molar-refractivity contribution in [3.05, 3.63) is 58.8 Å². The topological polar surface area (TPSA) is 74.7 Å². The molecule has 1 aromatic carbocycles. The zero-order valence-electron chi connectivity index (χ0n) is 23.1. The lowest BCUT2D eigenvalue weighted by molar-refractivity contribution is 0.00777. The summed E-state index contributed by atoms with van der Waals surface area (Å²) in [6.07, 6.45) is 6.00. The second-order valence-corrected chi connectivity index (χ2v) is 11.8. The lowest BCUT2D eigenvalue weighted by Crippen LogP contribution is -2.36. The Kier molecular flexibility index (Phi) is 10.3. The molecule has 0 amide bonds. The van der Waals surface area contributed by atoms with Gasteiger partial charge < -0.3 is 14.6 Å². The molecule has 2 N–H and O–H groups in total. The van der Waals surface area contributed by atoms with E-state index in [9.17, 15) is 8.76 Å². The van der Waals surface area contributed by atoms with Crippen LogP contribution >= 0.6 is 0 Å². The average Bonchev–Trinajstić information content (AvgIpc) is 3.38. The molecule has 2 aromatic rings. The van der Waals surface area contributed by atoms with Crippen LogP contribution in [0.4, 0.5) is 10.2 Å². The highest BCUT2D eigenvalue weighted by Crippen LogP contribution is 2.41. The van der Waals surface area contributed by atoms with Gasteiger partial charge in [-0.1, -0.05) is 44.2 Å². The predicted molar refractivity (Wildman–Crippen MR) is 153 cm³/mol. The Balaban J connectivity index is 0.00000164. The van der Waals surface area contributed by atoms with E-state index in [2.05, 4.69) is 17.4 Å². The number of anilines is 1. The number of hydrogen-bond donors (Lipinski definition) is 2. The SMILES string of the molecule is CC.CC(F)(CCCCc1ccc2c(n1)NCCC2)C1CCN([C@H](c2ccccc2C2COC2)S(=O)O)C1. The highest BCUT2D eigenvalue weighted by molar-refractivity contribution is 7.79. The van der Waals surface area contributed by atoms with Gasteiger partial charge in [-0.25, -0.2) is 13.6 Å². The van der Waals surface area contributed by atoms with E-state index in [1.165, 1.54) is 5.56 Å². The molecule has 8 heteroatoms. The molecule has 0 bridgehead atoms. The number of likely N-dealkylation sites (tertiary alicyclic amines) is 1. The molecule has 3 unspecified atom stereocenters. The number of hydrogen-bond acceptors (Lipinski definition) is 5. The number of unbranched alkanes of at least 4 members (excludes halogenated alkanes) is 1. The van der Waals surface area contributed by atoms with Crippen LogP contribution in [0.15, 0.2) is 36.4 Å². The van der Waals surface area contributed by atoms with Crippen molar-refractivity contribution >= 4 is 16.9 Å². The van der Waals surface area contributed by atoms with Gasteiger partial charge in [-0.05, 0) is 74.6 Å². The van der Waals surface area contributed by atoms with Crippen LogP contribution in [0.25, 0.3) is 0 Å². The largest absolute Gasteiger partial charge is 0.380 e. The van der Waals surface area contributed by atoms with E-state index < -0.39 is 22.1 Å². The molecule has 1 aromatic heterocycles. The van der Waals surface area contributed by atoms with Crippen LogP contribution in [0.2, 0.25) is 0 Å². The van der Waals surface area contributed by atoms with Gasteiger partial charge in [-0.15, -0.1) is 0 Å². The van der Waals surface area contributed by atoms with E-state index in [1.807, 2.05) is 43.0 Å². The van der Waals surface area contributed by atoms with Crippen molar-refractivity contribution < 1.29 is 17.9 Å². The van der Waals surface area contributed by atoms with E-state index in [0.717, 1.165) is 61.3 Å². The molecule has 4 atom stereocenters. The highest BCUT2D eigenvalue weighted by atomic mass is 32.2. The van der Waals surface area contributed by atoms with Gasteiger partial charge in [0.25, 0.3) is 0 Å². The maximum Gasteiger partial charge on any atom is 0.175 e. The van der Waals surface area contributed by atoms with Gasteiger partial charge in [-0.2, -0.15) is 0 Å². The van der Waals surface area contributed by atoms with Crippen molar-refractivity contribution in [2.75, 3.05) is 38.2 Å². The molecule has 3 aliphatic heterocycles. The van der Waals surface area contributed by atoms with Crippen LogP contribution in [0, 0.1) is 5.92 Å². The highest BCUT2D eigenvalue weighted by Gasteiger charge is 2.42. The summed E-state index contributed by atoms with van der Waals surface area (Å²) in [5.74, 6) is 1.13. The van der Waals surface area contributed by atoms with Crippen LogP contribution < -0.4 is 5.32 Å². The molecule has 6 nitrogen and oxygen atoms in total. The van der Waals surface area contributed by atoms with Crippen LogP contribution in [0.5, 0.6) is 0 Å². The van der Waals surface area contributed by atoms with E-state index in [0.29, 0.717) is 39.1 Å². The normalized spacial score (nSPS) is 22.7. The van der Waals surface area contributed by atoms with Crippen molar-refractivity contribution in [1.82, 2.24) is 9.88 Å². The zero-order chi connectivity index (χ0) is 27.1. The molecule has 3 aliphatic rings. The van der Waals surface area contributed by atoms with Gasteiger partial charge >= 0.3 is 0 Å². The van der Waals surface area contributed by atoms with E-state index in [4.69, 9.17) is 9.72 Å². The van der Waals surface area contributed by atoms with Gasteiger partial charge in [0.15, 0.2) is 11.1 Å². The molecule has 2 saturated heterocycles. The number of aryl methyl sites for hydroxylation is 2. The first-order chi connectivity index (χ1) is 18.4. The second kappa shape index (κ2) is 13.5. The minimum atomic E-state index is -2.07. The Hall–Kier alpha value is -1.87. The van der Waals surface area contributed by atoms with Gasteiger partial charge in [0.05, 0.1) is 13.2 Å². The Morgan fingerprint density at radius 3 is 2.76 bits per heavy atom. The fourth-order valence-electron chi connectivity index (χ4n) is 5.94. The van der Waals surface area contributed by atoms with E-state index >= 15 is 4.39 Å². The molecular formula is C30H44FN3O3S. The zero-order valence-corrected chi connectivity index (χ0v) is 23.9. The molecule has 210 valence electrons. The smallest absolute Gasteiger partial charge is 0.175 e. The van der Waals surface area contributed by atoms with E-state index in [1.54, 1.807) is 6.92 Å². The molecule has 0 radical (unpaired) electrons. The Labute approximate surface area is 230 Å². The summed E-state index contributed by atoms with van der Waals surface area (Å²) in [6.45, 7) is 9.11. The lowest BCUT2D eigenvalue weighted by atomic mass is 9.85. The van der Waals surface area contributed by atoms with Crippen LogP contribution in [-0.2, 0) is 28.7 Å². The number of halogens is 1. The summed E-state index contributed by atoms with van der Waals surface area (Å²) < 4.78 is 44.0. The lowest BCUT2D eigenvalue weighted by Gasteiger charge is -2.33. The number of nitrogens with one attached hydrogen (secondary N) is 1. The molecule has 0 aliphatic carbocycles. The molecule has 2 fully saturated rings. The third-order valence-electron chi connectivity index (χ3n) is 8.23. The third-order valence-corrected chi connectivity index (χ3v) is 9.17. The fraction of sp³-hybridized carbons (Fsp3) is 0.633. The molecule has 38 heavy (non-hydrogen) atoms. The predicted octanol–water partition coefficient (Wildman–Crippen LogP) is 6.26. The summed E-state index contributed by atoms with van der Waals surface area (Å²) in [6, 6.07) is 12.1. The first-order valence-corrected chi connectivity index (χ1v) is 15.5. The Morgan fingerprint density at radius 2 is 2.03 bits per heavy atom. The van der Waals surface area contributed by atoms with Crippen molar-refractivity contribution in [2.24, 2.45) is 5.92 Å². The monoisotopic (exact) mass is 545 g/mol. The summed E-state index contributed by atoms with van der Waals surface area (Å²) >= 11 is -2.07. The van der Waals surface area contributed by atoms with E-state index in [-0.39, 0.29) is 11.8 Å². The number of nitrogens with zero attached hydrogens (tertiary/aromatic N) is 2. The van der Waals surface area contributed by atoms with Gasteiger partial charge in [0.2, 0.25) is 0 Å². The van der Waals surface area contributed by atoms with Crippen molar-refractivity contribution in [3.8, 4) is 0 Å². The number of pyridine rings is 1. The van der Waals surface area contributed by atoms with Crippen LogP contribution in [-0.4, -0.2) is 57.2 Å². The van der Waals surface area contributed by atoms with Crippen LogP contribution in [0.1, 0.15) is 86.6 Å². The Bertz CT molecular complexity index is 1080. The standard InChI is InChI=1S/C28H38FN3O3S.C2H6/c1-28(29,14-5-4-8-23-12-11-20-7-6-15-30-26(20)31-23)22-13-16-32(17-22)27(36(33)34)25-10-3-2-9-24(25)21-18-35-19-21;1-2/h2-3,9-12,21-22,27H,4-8,13-19H2,1H3,(H,30,31)(H,33,34);1-2H3/t22?,27-,28?;/m0./s1. The minimum Gasteiger partial charge on any atom is -0.380 e. The second-order valence-electron chi connectivity index (χ2n) is 10.8. The minimum absolute atomic E-state index is 0.145. The molecular weight excluding hydrogens is 501 g/mol. The van der Waals surface area contributed by atoms with Crippen molar-refractivity contribution in [1.29, 1.82) is 0 Å². The van der Waals surface area contributed by atoms with Crippen molar-refractivity contribution in [3.63, 3.8) is 0 Å². The van der Waals surface area contributed by atoms with Gasteiger partial charge in [0.1, 0.15) is 16.9 Å². The van der Waals surface area contributed by atoms with Crippen molar-refractivity contribution in [2.45, 2.75) is 82.7 Å². The average molecular weight is 546 g/mol. The number of ether oxygens (including phenoxy) is 1. The quantitative estimate of drug-likeness (QED) is 0.271. The van der Waals surface area contributed by atoms with Gasteiger partial charge in [0, 0.05) is 37.2 Å². The summed E-state index contributed by atoms with van der Waals surface area (Å²) in [7, 11) is 0. The summed E-state index contributed by atoms with van der Waals surface area (Å²) in [4.78, 5) is 6.77. The summed E-state index contributed by atoms with van der Waals surface area (Å²) in [5.41, 5.74) is 3.01. The van der Waals surface area contributed by atoms with Gasteiger partial charge in [-0.3, -0.25) is 4.90 Å². The van der Waals surface area contributed by atoms with Crippen LogP contribution in [0.3, 0.4) is 0 Å². The third kappa shape index (κ3) is 6.82. The number of rotatable bonds is 10. The maximum atomic E-state index is 15.9. The summed E-state index contributed by atoms with van der Waals surface area (Å²) in [5, 5.41) is 2.75. The fourth-order valence-corrected chi connectivity index (χ4v) is 6.81.